The van der Waals surface area contributed by atoms with Crippen LogP contribution in [-0.4, -0.2) is 49.9 Å². The van der Waals surface area contributed by atoms with Crippen LogP contribution in [0.5, 0.6) is 5.75 Å². The van der Waals surface area contributed by atoms with E-state index in [4.69, 9.17) is 15.2 Å². The van der Waals surface area contributed by atoms with Gasteiger partial charge >= 0.3 is 0 Å². The van der Waals surface area contributed by atoms with Gasteiger partial charge in [0.2, 0.25) is 0 Å². The molecule has 1 aliphatic rings. The van der Waals surface area contributed by atoms with Gasteiger partial charge in [0.15, 0.2) is 0 Å². The van der Waals surface area contributed by atoms with Crippen molar-refractivity contribution in [3.63, 3.8) is 0 Å². The first kappa shape index (κ1) is 16.7. The lowest BCUT2D eigenvalue weighted by Crippen LogP contribution is -2.44. The average Bonchev–Trinajstić information content (AvgIpc) is 2.46. The van der Waals surface area contributed by atoms with E-state index in [0.717, 1.165) is 42.9 Å². The summed E-state index contributed by atoms with van der Waals surface area (Å²) in [6.45, 7) is 8.59. The number of ether oxygens (including phenoxy) is 2. The van der Waals surface area contributed by atoms with Crippen molar-refractivity contribution in [3.8, 4) is 5.75 Å². The third-order valence-electron chi connectivity index (χ3n) is 3.65. The largest absolute Gasteiger partial charge is 0.490 e. The molecule has 2 unspecified atom stereocenters. The molecule has 1 aromatic rings. The molecule has 0 amide bonds. The van der Waals surface area contributed by atoms with Crippen LogP contribution in [0.1, 0.15) is 19.4 Å². The molecular formula is C16H25BrN2O2. The first-order valence-corrected chi connectivity index (χ1v) is 8.38. The molecule has 0 bridgehead atoms. The standard InChI is InChI=1S/C16H25BrN2O2/c1-3-19-6-7-20-14(10-19)11-21-16-5-4-13(8-12(2)18)9-15(16)17/h4-5,9,12,14H,3,6-8,10-11,18H2,1-2H3. The summed E-state index contributed by atoms with van der Waals surface area (Å²) in [4.78, 5) is 2.39. The van der Waals surface area contributed by atoms with Gasteiger partial charge in [-0.25, -0.2) is 0 Å². The maximum atomic E-state index is 5.90. The Morgan fingerprint density at radius 2 is 2.33 bits per heavy atom. The number of rotatable bonds is 6. The molecule has 1 aliphatic heterocycles. The number of benzene rings is 1. The van der Waals surface area contributed by atoms with Crippen LogP contribution in [0.4, 0.5) is 0 Å². The Morgan fingerprint density at radius 1 is 1.52 bits per heavy atom. The second-order valence-corrected chi connectivity index (χ2v) is 6.50. The van der Waals surface area contributed by atoms with Crippen molar-refractivity contribution in [2.24, 2.45) is 5.73 Å². The molecule has 0 saturated carbocycles. The van der Waals surface area contributed by atoms with Crippen molar-refractivity contribution in [2.45, 2.75) is 32.4 Å². The van der Waals surface area contributed by atoms with E-state index < -0.39 is 0 Å². The summed E-state index contributed by atoms with van der Waals surface area (Å²) in [6.07, 6.45) is 1.02. The van der Waals surface area contributed by atoms with E-state index >= 15 is 0 Å². The van der Waals surface area contributed by atoms with E-state index in [1.54, 1.807) is 0 Å². The summed E-state index contributed by atoms with van der Waals surface area (Å²) >= 11 is 3.57. The fourth-order valence-corrected chi connectivity index (χ4v) is 3.05. The molecule has 0 aromatic heterocycles. The zero-order valence-corrected chi connectivity index (χ0v) is 14.4. The van der Waals surface area contributed by atoms with E-state index in [9.17, 15) is 0 Å². The molecule has 5 heteroatoms. The molecule has 2 N–H and O–H groups in total. The molecule has 118 valence electrons. The van der Waals surface area contributed by atoms with Crippen LogP contribution in [0.3, 0.4) is 0 Å². The van der Waals surface area contributed by atoms with Gasteiger partial charge < -0.3 is 15.2 Å². The highest BCUT2D eigenvalue weighted by Gasteiger charge is 2.20. The van der Waals surface area contributed by atoms with Gasteiger partial charge in [-0.3, -0.25) is 4.90 Å². The maximum absolute atomic E-state index is 5.90. The smallest absolute Gasteiger partial charge is 0.133 e. The molecule has 0 aliphatic carbocycles. The fourth-order valence-electron chi connectivity index (χ4n) is 2.51. The number of hydrogen-bond acceptors (Lipinski definition) is 4. The van der Waals surface area contributed by atoms with Gasteiger partial charge in [-0.1, -0.05) is 13.0 Å². The number of halogens is 1. The first-order valence-electron chi connectivity index (χ1n) is 7.59. The molecule has 1 aromatic carbocycles. The Kier molecular flexibility index (Phi) is 6.48. The van der Waals surface area contributed by atoms with Crippen LogP contribution in [-0.2, 0) is 11.2 Å². The molecule has 0 spiro atoms. The van der Waals surface area contributed by atoms with E-state index in [1.807, 2.05) is 13.0 Å². The van der Waals surface area contributed by atoms with Gasteiger partial charge in [0.1, 0.15) is 18.5 Å². The van der Waals surface area contributed by atoms with E-state index in [-0.39, 0.29) is 12.1 Å². The van der Waals surface area contributed by atoms with E-state index in [0.29, 0.717) is 6.61 Å². The van der Waals surface area contributed by atoms with Gasteiger partial charge in [0.05, 0.1) is 11.1 Å². The molecule has 2 atom stereocenters. The topological polar surface area (TPSA) is 47.7 Å². The zero-order valence-electron chi connectivity index (χ0n) is 12.8. The SMILES string of the molecule is CCN1CCOC(COc2ccc(CC(C)N)cc2Br)C1. The number of morpholine rings is 1. The predicted octanol–water partition coefficient (Wildman–Crippen LogP) is 2.44. The van der Waals surface area contributed by atoms with Gasteiger partial charge in [0.25, 0.3) is 0 Å². The lowest BCUT2D eigenvalue weighted by atomic mass is 10.1. The Balaban J connectivity index is 1.88. The van der Waals surface area contributed by atoms with Gasteiger partial charge in [-0.05, 0) is 53.5 Å². The summed E-state index contributed by atoms with van der Waals surface area (Å²) < 4.78 is 12.6. The maximum Gasteiger partial charge on any atom is 0.133 e. The van der Waals surface area contributed by atoms with Crippen LogP contribution in [0.25, 0.3) is 0 Å². The number of nitrogens with zero attached hydrogens (tertiary/aromatic N) is 1. The van der Waals surface area contributed by atoms with Crippen molar-refractivity contribution in [3.05, 3.63) is 28.2 Å². The molecule has 1 fully saturated rings. The van der Waals surface area contributed by atoms with Gasteiger partial charge in [-0.15, -0.1) is 0 Å². The summed E-state index contributed by atoms with van der Waals surface area (Å²) in [5.41, 5.74) is 7.05. The zero-order chi connectivity index (χ0) is 15.2. The number of likely N-dealkylation sites (N-methyl/N-ethyl adjacent to an activating group) is 1. The lowest BCUT2D eigenvalue weighted by Gasteiger charge is -2.31. The Morgan fingerprint density at radius 3 is 3.00 bits per heavy atom. The Labute approximate surface area is 135 Å². The Hall–Kier alpha value is -0.620. The third-order valence-corrected chi connectivity index (χ3v) is 4.27. The second-order valence-electron chi connectivity index (χ2n) is 5.64. The van der Waals surface area contributed by atoms with Crippen LogP contribution in [0, 0.1) is 0 Å². The second kappa shape index (κ2) is 8.13. The summed E-state index contributed by atoms with van der Waals surface area (Å²) in [7, 11) is 0. The first-order chi connectivity index (χ1) is 10.1. The average molecular weight is 357 g/mol. The van der Waals surface area contributed by atoms with Crippen LogP contribution in [0.2, 0.25) is 0 Å². The van der Waals surface area contributed by atoms with Crippen LogP contribution < -0.4 is 10.5 Å². The van der Waals surface area contributed by atoms with Gasteiger partial charge in [0, 0.05) is 19.1 Å². The van der Waals surface area contributed by atoms with E-state index in [1.165, 1.54) is 5.56 Å². The van der Waals surface area contributed by atoms with E-state index in [2.05, 4.69) is 39.9 Å². The fraction of sp³-hybridized carbons (Fsp3) is 0.625. The minimum absolute atomic E-state index is 0.148. The van der Waals surface area contributed by atoms with Crippen molar-refractivity contribution in [1.82, 2.24) is 4.90 Å². The quantitative estimate of drug-likeness (QED) is 0.850. The molecule has 1 saturated heterocycles. The highest BCUT2D eigenvalue weighted by atomic mass is 79.9. The third kappa shape index (κ3) is 5.25. The molecular weight excluding hydrogens is 332 g/mol. The van der Waals surface area contributed by atoms with Crippen molar-refractivity contribution in [1.29, 1.82) is 0 Å². The monoisotopic (exact) mass is 356 g/mol. The minimum atomic E-state index is 0.148. The van der Waals surface area contributed by atoms with Crippen LogP contribution >= 0.6 is 15.9 Å². The highest BCUT2D eigenvalue weighted by molar-refractivity contribution is 9.10. The van der Waals surface area contributed by atoms with Crippen molar-refractivity contribution >= 4 is 15.9 Å². The highest BCUT2D eigenvalue weighted by Crippen LogP contribution is 2.27. The minimum Gasteiger partial charge on any atom is -0.490 e. The molecule has 1 heterocycles. The van der Waals surface area contributed by atoms with Crippen molar-refractivity contribution < 1.29 is 9.47 Å². The van der Waals surface area contributed by atoms with Crippen molar-refractivity contribution in [2.75, 3.05) is 32.8 Å². The number of nitrogens with two attached hydrogens (primary N) is 1. The molecule has 0 radical (unpaired) electrons. The predicted molar refractivity (Wildman–Crippen MR) is 88.8 cm³/mol. The van der Waals surface area contributed by atoms with Gasteiger partial charge in [-0.2, -0.15) is 0 Å². The van der Waals surface area contributed by atoms with Crippen LogP contribution in [0.15, 0.2) is 22.7 Å². The normalized spacial score (nSPS) is 21.2. The summed E-state index contributed by atoms with van der Waals surface area (Å²) in [5.74, 6) is 0.862. The lowest BCUT2D eigenvalue weighted by molar-refractivity contribution is -0.0465. The molecule has 21 heavy (non-hydrogen) atoms. The summed E-state index contributed by atoms with van der Waals surface area (Å²) in [5, 5.41) is 0. The molecule has 2 rings (SSSR count). The molecule has 4 nitrogen and oxygen atoms in total. The Bertz CT molecular complexity index is 454. The summed E-state index contributed by atoms with van der Waals surface area (Å²) in [6, 6.07) is 6.32. The number of hydrogen-bond donors (Lipinski definition) is 1.